The average molecular weight is 426 g/mol. The van der Waals surface area contributed by atoms with Crippen LogP contribution < -0.4 is 19.5 Å². The molecule has 162 valence electrons. The zero-order valence-electron chi connectivity index (χ0n) is 17.1. The molecule has 0 atom stereocenters. The maximum absolute atomic E-state index is 12.3. The highest BCUT2D eigenvalue weighted by Gasteiger charge is 2.14. The molecule has 0 radical (unpaired) electrons. The molecule has 1 heterocycles. The first-order valence-corrected chi connectivity index (χ1v) is 9.40. The van der Waals surface area contributed by atoms with Gasteiger partial charge in [-0.1, -0.05) is 18.2 Å². The van der Waals surface area contributed by atoms with Gasteiger partial charge in [0.05, 0.1) is 19.1 Å². The minimum Gasteiger partial charge on any atom is -0.493 e. The Morgan fingerprint density at radius 3 is 2.61 bits per heavy atom. The summed E-state index contributed by atoms with van der Waals surface area (Å²) in [5.41, 5.74) is 1.07. The summed E-state index contributed by atoms with van der Waals surface area (Å²) in [5.74, 6) is 1.07. The van der Waals surface area contributed by atoms with Gasteiger partial charge in [0, 0.05) is 18.8 Å². The number of para-hydroxylation sites is 2. The van der Waals surface area contributed by atoms with Crippen LogP contribution in [0.3, 0.4) is 0 Å². The van der Waals surface area contributed by atoms with E-state index in [2.05, 4.69) is 10.4 Å². The molecule has 10 heteroatoms. The molecule has 0 unspecified atom stereocenters. The highest BCUT2D eigenvalue weighted by atomic mass is 16.6. The van der Waals surface area contributed by atoms with Gasteiger partial charge in [-0.05, 0) is 36.2 Å². The molecule has 31 heavy (non-hydrogen) atoms. The normalized spacial score (nSPS) is 10.4. The van der Waals surface area contributed by atoms with Crippen LogP contribution in [0.2, 0.25) is 0 Å². The van der Waals surface area contributed by atoms with Crippen LogP contribution in [-0.4, -0.2) is 41.4 Å². The second-order valence-electron chi connectivity index (χ2n) is 6.43. The first-order chi connectivity index (χ1) is 15.0. The van der Waals surface area contributed by atoms with Crippen molar-refractivity contribution in [2.24, 2.45) is 0 Å². The number of carbonyl (C=O) groups excluding carboxylic acids is 1. The van der Waals surface area contributed by atoms with E-state index >= 15 is 0 Å². The van der Waals surface area contributed by atoms with E-state index in [-0.39, 0.29) is 29.8 Å². The second kappa shape index (κ2) is 10.1. The Kier molecular flexibility index (Phi) is 7.05. The molecule has 1 aromatic heterocycles. The monoisotopic (exact) mass is 426 g/mol. The number of nitrogens with one attached hydrogen (secondary N) is 1. The standard InChI is InChI=1S/C21H22N4O6/c1-29-19-8-7-15(13-20(19)30-2)9-11-22-21(26)16-10-12-24(23-16)14-31-18-6-4-3-5-17(18)25(27)28/h3-8,10,12-13H,9,11,14H2,1-2H3,(H,22,26). The summed E-state index contributed by atoms with van der Waals surface area (Å²) in [6, 6.07) is 13.2. The van der Waals surface area contributed by atoms with E-state index in [1.54, 1.807) is 38.6 Å². The zero-order chi connectivity index (χ0) is 22.2. The molecule has 0 spiro atoms. The third-order valence-electron chi connectivity index (χ3n) is 4.43. The molecule has 0 saturated carbocycles. The molecule has 0 aliphatic heterocycles. The molecule has 1 N–H and O–H groups in total. The lowest BCUT2D eigenvalue weighted by Crippen LogP contribution is -2.26. The van der Waals surface area contributed by atoms with Crippen molar-refractivity contribution in [3.05, 3.63) is 76.1 Å². The molecule has 0 bridgehead atoms. The highest BCUT2D eigenvalue weighted by Crippen LogP contribution is 2.28. The predicted molar refractivity (Wildman–Crippen MR) is 112 cm³/mol. The molecule has 0 aliphatic rings. The fraction of sp³-hybridized carbons (Fsp3) is 0.238. The van der Waals surface area contributed by atoms with Gasteiger partial charge in [-0.25, -0.2) is 4.68 Å². The first kappa shape index (κ1) is 21.6. The number of benzene rings is 2. The Morgan fingerprint density at radius 1 is 1.10 bits per heavy atom. The van der Waals surface area contributed by atoms with Crippen LogP contribution in [0.1, 0.15) is 16.1 Å². The van der Waals surface area contributed by atoms with E-state index in [1.807, 2.05) is 18.2 Å². The van der Waals surface area contributed by atoms with Crippen molar-refractivity contribution < 1.29 is 23.9 Å². The molecule has 2 aromatic carbocycles. The number of rotatable bonds is 10. The van der Waals surface area contributed by atoms with Gasteiger partial charge in [0.15, 0.2) is 24.0 Å². The summed E-state index contributed by atoms with van der Waals surface area (Å²) in [6.45, 7) is 0.345. The number of aromatic nitrogens is 2. The number of nitro benzene ring substituents is 1. The molecule has 3 aromatic rings. The second-order valence-corrected chi connectivity index (χ2v) is 6.43. The Morgan fingerprint density at radius 2 is 1.87 bits per heavy atom. The number of nitro groups is 1. The maximum Gasteiger partial charge on any atom is 0.311 e. The van der Waals surface area contributed by atoms with E-state index in [0.29, 0.717) is 24.5 Å². The zero-order valence-corrected chi connectivity index (χ0v) is 17.1. The topological polar surface area (TPSA) is 118 Å². The smallest absolute Gasteiger partial charge is 0.311 e. The summed E-state index contributed by atoms with van der Waals surface area (Å²) < 4.78 is 17.3. The van der Waals surface area contributed by atoms with Crippen molar-refractivity contribution in [2.75, 3.05) is 20.8 Å². The van der Waals surface area contributed by atoms with Crippen molar-refractivity contribution in [3.8, 4) is 17.2 Å². The van der Waals surface area contributed by atoms with E-state index in [1.165, 1.54) is 16.8 Å². The summed E-state index contributed by atoms with van der Waals surface area (Å²) >= 11 is 0. The molecular formula is C21H22N4O6. The summed E-state index contributed by atoms with van der Waals surface area (Å²) in [7, 11) is 3.14. The van der Waals surface area contributed by atoms with Crippen molar-refractivity contribution in [2.45, 2.75) is 13.2 Å². The van der Waals surface area contributed by atoms with Crippen LogP contribution in [0.5, 0.6) is 17.2 Å². The third-order valence-corrected chi connectivity index (χ3v) is 4.43. The van der Waals surface area contributed by atoms with Crippen molar-refractivity contribution >= 4 is 11.6 Å². The molecule has 0 aliphatic carbocycles. The van der Waals surface area contributed by atoms with Crippen LogP contribution in [0.25, 0.3) is 0 Å². The summed E-state index contributed by atoms with van der Waals surface area (Å²) in [5, 5.41) is 18.0. The van der Waals surface area contributed by atoms with Crippen LogP contribution in [0, 0.1) is 10.1 Å². The maximum atomic E-state index is 12.3. The number of methoxy groups -OCH3 is 2. The van der Waals surface area contributed by atoms with Crippen LogP contribution in [0.4, 0.5) is 5.69 Å². The first-order valence-electron chi connectivity index (χ1n) is 9.40. The Balaban J connectivity index is 1.52. The van der Waals surface area contributed by atoms with Gasteiger partial charge in [-0.15, -0.1) is 0 Å². The van der Waals surface area contributed by atoms with Crippen molar-refractivity contribution in [1.82, 2.24) is 15.1 Å². The van der Waals surface area contributed by atoms with Gasteiger partial charge in [0.1, 0.15) is 5.69 Å². The van der Waals surface area contributed by atoms with Crippen molar-refractivity contribution in [1.29, 1.82) is 0 Å². The Bertz CT molecular complexity index is 1070. The van der Waals surface area contributed by atoms with Gasteiger partial charge in [0.25, 0.3) is 5.91 Å². The van der Waals surface area contributed by atoms with Crippen LogP contribution in [-0.2, 0) is 13.2 Å². The number of ether oxygens (including phenoxy) is 3. The number of carbonyl (C=O) groups is 1. The summed E-state index contributed by atoms with van der Waals surface area (Å²) in [6.07, 6.45) is 2.17. The van der Waals surface area contributed by atoms with Gasteiger partial charge in [-0.3, -0.25) is 14.9 Å². The number of hydrogen-bond donors (Lipinski definition) is 1. The minimum absolute atomic E-state index is 0.0657. The van der Waals surface area contributed by atoms with E-state index < -0.39 is 4.92 Å². The molecule has 10 nitrogen and oxygen atoms in total. The number of amides is 1. The number of nitrogens with zero attached hydrogens (tertiary/aromatic N) is 3. The Labute approximate surface area is 178 Å². The summed E-state index contributed by atoms with van der Waals surface area (Å²) in [4.78, 5) is 22.8. The quantitative estimate of drug-likeness (QED) is 0.391. The Hall–Kier alpha value is -4.08. The average Bonchev–Trinajstić information content (AvgIpc) is 3.26. The predicted octanol–water partition coefficient (Wildman–Crippen LogP) is 2.82. The van der Waals surface area contributed by atoms with Crippen molar-refractivity contribution in [3.63, 3.8) is 0 Å². The largest absolute Gasteiger partial charge is 0.493 e. The van der Waals surface area contributed by atoms with E-state index in [9.17, 15) is 14.9 Å². The van der Waals surface area contributed by atoms with E-state index in [0.717, 1.165) is 5.56 Å². The van der Waals surface area contributed by atoms with Gasteiger partial charge in [0.2, 0.25) is 0 Å². The lowest BCUT2D eigenvalue weighted by molar-refractivity contribution is -0.386. The van der Waals surface area contributed by atoms with Gasteiger partial charge in [-0.2, -0.15) is 5.10 Å². The highest BCUT2D eigenvalue weighted by molar-refractivity contribution is 5.92. The molecular weight excluding hydrogens is 404 g/mol. The SMILES string of the molecule is COc1ccc(CCNC(=O)c2ccn(COc3ccccc3[N+](=O)[O-])n2)cc1OC. The molecule has 3 rings (SSSR count). The minimum atomic E-state index is -0.518. The fourth-order valence-corrected chi connectivity index (χ4v) is 2.87. The van der Waals surface area contributed by atoms with Gasteiger partial charge >= 0.3 is 5.69 Å². The van der Waals surface area contributed by atoms with E-state index in [4.69, 9.17) is 14.2 Å². The lowest BCUT2D eigenvalue weighted by atomic mass is 10.1. The third kappa shape index (κ3) is 5.50. The van der Waals surface area contributed by atoms with Crippen LogP contribution >= 0.6 is 0 Å². The lowest BCUT2D eigenvalue weighted by Gasteiger charge is -2.10. The molecule has 0 saturated heterocycles. The fourth-order valence-electron chi connectivity index (χ4n) is 2.87. The molecule has 0 fully saturated rings. The van der Waals surface area contributed by atoms with Crippen LogP contribution in [0.15, 0.2) is 54.7 Å². The van der Waals surface area contributed by atoms with Gasteiger partial charge < -0.3 is 19.5 Å². The number of hydrogen-bond acceptors (Lipinski definition) is 7. The molecule has 1 amide bonds.